The summed E-state index contributed by atoms with van der Waals surface area (Å²) in [7, 11) is 0. The van der Waals surface area contributed by atoms with Gasteiger partial charge in [-0.1, -0.05) is 13.8 Å². The third-order valence-electron chi connectivity index (χ3n) is 1.33. The Morgan fingerprint density at radius 1 is 1.38 bits per heavy atom. The Morgan fingerprint density at radius 2 is 2.00 bits per heavy atom. The number of alkyl halides is 3. The number of alkyl carbamates (subject to hydrolysis) is 1. The van der Waals surface area contributed by atoms with Crippen molar-refractivity contribution >= 4 is 6.09 Å². The third-order valence-corrected chi connectivity index (χ3v) is 1.33. The van der Waals surface area contributed by atoms with Gasteiger partial charge in [-0.05, 0) is 5.92 Å². The average molecular weight is 243 g/mol. The molecule has 0 heterocycles. The number of carbonyl (C=O) groups excluding carboxylic acids is 1. The molecule has 96 valence electrons. The number of hydrogen-bond donors (Lipinski definition) is 1. The van der Waals surface area contributed by atoms with Gasteiger partial charge >= 0.3 is 12.3 Å². The summed E-state index contributed by atoms with van der Waals surface area (Å²) >= 11 is 0. The molecule has 0 rings (SSSR count). The quantitative estimate of drug-likeness (QED) is 0.725. The molecule has 16 heavy (non-hydrogen) atoms. The summed E-state index contributed by atoms with van der Waals surface area (Å²) in [5, 5.41) is 2.14. The highest BCUT2D eigenvalue weighted by molar-refractivity contribution is 5.67. The van der Waals surface area contributed by atoms with Crippen LogP contribution in [0.3, 0.4) is 0 Å². The van der Waals surface area contributed by atoms with Gasteiger partial charge in [-0.3, -0.25) is 0 Å². The maximum Gasteiger partial charge on any atom is 0.422 e. The fraction of sp³-hybridized carbons (Fsp3) is 0.889. The van der Waals surface area contributed by atoms with Crippen LogP contribution in [0.4, 0.5) is 18.0 Å². The molecule has 7 heteroatoms. The van der Waals surface area contributed by atoms with Crippen LogP contribution in [0.5, 0.6) is 0 Å². The normalized spacial score (nSPS) is 11.6. The lowest BCUT2D eigenvalue weighted by molar-refractivity contribution is -0.160. The summed E-state index contributed by atoms with van der Waals surface area (Å²) < 4.78 is 43.9. The number of nitrogens with one attached hydrogen (secondary N) is 1. The lowest BCUT2D eigenvalue weighted by Crippen LogP contribution is -2.31. The molecule has 0 fully saturated rings. The SMILES string of the molecule is CC(C)COCCNC(=O)OCC(F)(F)F. The van der Waals surface area contributed by atoms with Crippen molar-refractivity contribution in [1.29, 1.82) is 0 Å². The minimum atomic E-state index is -4.49. The van der Waals surface area contributed by atoms with Gasteiger partial charge in [0.05, 0.1) is 6.61 Å². The van der Waals surface area contributed by atoms with Gasteiger partial charge in [0.25, 0.3) is 0 Å². The Labute approximate surface area is 92.1 Å². The van der Waals surface area contributed by atoms with E-state index in [-0.39, 0.29) is 13.2 Å². The van der Waals surface area contributed by atoms with Gasteiger partial charge in [0, 0.05) is 13.2 Å². The number of amides is 1. The Balaban J connectivity index is 3.38. The summed E-state index contributed by atoms with van der Waals surface area (Å²) in [5.41, 5.74) is 0. The first-order valence-corrected chi connectivity index (χ1v) is 4.86. The predicted molar refractivity (Wildman–Crippen MR) is 51.1 cm³/mol. The average Bonchev–Trinajstić information content (AvgIpc) is 2.12. The number of halogens is 3. The molecule has 4 nitrogen and oxygen atoms in total. The molecule has 0 aliphatic rings. The Bertz CT molecular complexity index is 207. The topological polar surface area (TPSA) is 47.6 Å². The van der Waals surface area contributed by atoms with E-state index in [1.807, 2.05) is 13.8 Å². The van der Waals surface area contributed by atoms with Crippen LogP contribution in [0.1, 0.15) is 13.8 Å². The van der Waals surface area contributed by atoms with E-state index in [1.54, 1.807) is 0 Å². The lowest BCUT2D eigenvalue weighted by atomic mass is 10.2. The molecular formula is C9H16F3NO3. The molecule has 1 N–H and O–H groups in total. The number of carbonyl (C=O) groups is 1. The number of ether oxygens (including phenoxy) is 2. The van der Waals surface area contributed by atoms with E-state index in [0.29, 0.717) is 12.5 Å². The number of hydrogen-bond acceptors (Lipinski definition) is 3. The fourth-order valence-electron chi connectivity index (χ4n) is 0.743. The maximum atomic E-state index is 11.6. The molecule has 0 saturated heterocycles. The second-order valence-corrected chi connectivity index (χ2v) is 3.59. The van der Waals surface area contributed by atoms with Gasteiger partial charge in [0.2, 0.25) is 0 Å². The minimum Gasteiger partial charge on any atom is -0.440 e. The zero-order valence-electron chi connectivity index (χ0n) is 9.26. The van der Waals surface area contributed by atoms with Crippen LogP contribution >= 0.6 is 0 Å². The second kappa shape index (κ2) is 7.32. The molecule has 0 aromatic carbocycles. The summed E-state index contributed by atoms with van der Waals surface area (Å²) in [6.07, 6.45) is -5.59. The number of rotatable bonds is 6. The Morgan fingerprint density at radius 3 is 2.50 bits per heavy atom. The molecule has 0 saturated carbocycles. The fourth-order valence-corrected chi connectivity index (χ4v) is 0.743. The molecule has 0 aromatic heterocycles. The zero-order valence-corrected chi connectivity index (χ0v) is 9.26. The lowest BCUT2D eigenvalue weighted by Gasteiger charge is -2.10. The molecule has 0 aliphatic carbocycles. The van der Waals surface area contributed by atoms with Gasteiger partial charge in [-0.25, -0.2) is 4.79 Å². The highest BCUT2D eigenvalue weighted by Gasteiger charge is 2.29. The van der Waals surface area contributed by atoms with Gasteiger partial charge in [-0.15, -0.1) is 0 Å². The van der Waals surface area contributed by atoms with E-state index in [4.69, 9.17) is 4.74 Å². The van der Waals surface area contributed by atoms with Crippen molar-refractivity contribution in [2.75, 3.05) is 26.4 Å². The van der Waals surface area contributed by atoms with Crippen LogP contribution in [-0.2, 0) is 9.47 Å². The molecule has 0 atom stereocenters. The highest BCUT2D eigenvalue weighted by Crippen LogP contribution is 2.14. The molecule has 0 radical (unpaired) electrons. The van der Waals surface area contributed by atoms with Gasteiger partial charge in [-0.2, -0.15) is 13.2 Å². The van der Waals surface area contributed by atoms with E-state index in [0.717, 1.165) is 0 Å². The van der Waals surface area contributed by atoms with Crippen molar-refractivity contribution in [3.8, 4) is 0 Å². The van der Waals surface area contributed by atoms with Crippen molar-refractivity contribution in [2.45, 2.75) is 20.0 Å². The van der Waals surface area contributed by atoms with Crippen LogP contribution in [-0.4, -0.2) is 38.6 Å². The molecule has 0 spiro atoms. The first-order valence-electron chi connectivity index (χ1n) is 4.86. The Hall–Kier alpha value is -0.980. The zero-order chi connectivity index (χ0) is 12.6. The predicted octanol–water partition coefficient (Wildman–Crippen LogP) is 1.95. The van der Waals surface area contributed by atoms with Crippen LogP contribution < -0.4 is 5.32 Å². The van der Waals surface area contributed by atoms with Gasteiger partial charge in [0.15, 0.2) is 6.61 Å². The van der Waals surface area contributed by atoms with E-state index in [9.17, 15) is 18.0 Å². The molecular weight excluding hydrogens is 227 g/mol. The summed E-state index contributed by atoms with van der Waals surface area (Å²) in [6.45, 7) is 3.27. The van der Waals surface area contributed by atoms with E-state index in [2.05, 4.69) is 10.1 Å². The monoisotopic (exact) mass is 243 g/mol. The van der Waals surface area contributed by atoms with Gasteiger partial charge in [0.1, 0.15) is 0 Å². The molecule has 1 amide bonds. The van der Waals surface area contributed by atoms with Crippen molar-refractivity contribution in [3.63, 3.8) is 0 Å². The second-order valence-electron chi connectivity index (χ2n) is 3.59. The molecule has 0 aliphatic heterocycles. The summed E-state index contributed by atoms with van der Waals surface area (Å²) in [6, 6.07) is 0. The largest absolute Gasteiger partial charge is 0.440 e. The molecule has 0 bridgehead atoms. The van der Waals surface area contributed by atoms with Crippen molar-refractivity contribution in [2.24, 2.45) is 5.92 Å². The highest BCUT2D eigenvalue weighted by atomic mass is 19.4. The van der Waals surface area contributed by atoms with E-state index in [1.165, 1.54) is 0 Å². The first kappa shape index (κ1) is 15.0. The summed E-state index contributed by atoms with van der Waals surface area (Å²) in [4.78, 5) is 10.7. The van der Waals surface area contributed by atoms with Crippen LogP contribution in [0, 0.1) is 5.92 Å². The molecule has 0 unspecified atom stereocenters. The minimum absolute atomic E-state index is 0.128. The van der Waals surface area contributed by atoms with Crippen LogP contribution in [0.25, 0.3) is 0 Å². The maximum absolute atomic E-state index is 11.6. The van der Waals surface area contributed by atoms with Crippen LogP contribution in [0.15, 0.2) is 0 Å². The third kappa shape index (κ3) is 11.1. The standard InChI is InChI=1S/C9H16F3NO3/c1-7(2)5-15-4-3-13-8(14)16-6-9(10,11)12/h7H,3-6H2,1-2H3,(H,13,14). The van der Waals surface area contributed by atoms with Gasteiger partial charge < -0.3 is 14.8 Å². The van der Waals surface area contributed by atoms with Crippen molar-refractivity contribution < 1.29 is 27.4 Å². The smallest absolute Gasteiger partial charge is 0.422 e. The van der Waals surface area contributed by atoms with Crippen molar-refractivity contribution in [1.82, 2.24) is 5.32 Å². The molecule has 0 aromatic rings. The van der Waals surface area contributed by atoms with Crippen LogP contribution in [0.2, 0.25) is 0 Å². The van der Waals surface area contributed by atoms with Crippen molar-refractivity contribution in [3.05, 3.63) is 0 Å². The van der Waals surface area contributed by atoms with E-state index >= 15 is 0 Å². The van der Waals surface area contributed by atoms with E-state index < -0.39 is 18.9 Å². The summed E-state index contributed by atoms with van der Waals surface area (Å²) in [5.74, 6) is 0.372. The first-order chi connectivity index (χ1) is 7.31. The Kier molecular flexibility index (Phi) is 6.87.